The number of amides is 2. The van der Waals surface area contributed by atoms with Crippen LogP contribution in [0.5, 0.6) is 17.2 Å². The highest BCUT2D eigenvalue weighted by Gasteiger charge is 2.78. The Morgan fingerprint density at radius 3 is 2.16 bits per heavy atom. The predicted octanol–water partition coefficient (Wildman–Crippen LogP) is 3.19. The molecule has 0 spiro atoms. The summed E-state index contributed by atoms with van der Waals surface area (Å²) in [6.45, 7) is 1.40. The van der Waals surface area contributed by atoms with Crippen LogP contribution in [0.25, 0.3) is 0 Å². The first kappa shape index (κ1) is 25.6. The van der Waals surface area contributed by atoms with Gasteiger partial charge in [-0.05, 0) is 35.4 Å². The number of aliphatic hydroxyl groups is 1. The third-order valence-corrected chi connectivity index (χ3v) is 7.83. The molecular formula is C30H32N2O6. The molecule has 0 saturated heterocycles. The fourth-order valence-electron chi connectivity index (χ4n) is 6.38. The number of carbonyl (C=O) groups excluding carboxylic acids is 2. The normalized spacial score (nSPS) is 27.1. The van der Waals surface area contributed by atoms with Gasteiger partial charge in [0.15, 0.2) is 5.60 Å². The van der Waals surface area contributed by atoms with Crippen molar-refractivity contribution in [3.8, 4) is 17.2 Å². The van der Waals surface area contributed by atoms with Crippen molar-refractivity contribution < 1.29 is 28.9 Å². The lowest BCUT2D eigenvalue weighted by molar-refractivity contribution is -0.138. The molecule has 1 aliphatic carbocycles. The monoisotopic (exact) mass is 516 g/mol. The average molecular weight is 517 g/mol. The fourth-order valence-corrected chi connectivity index (χ4v) is 6.38. The van der Waals surface area contributed by atoms with Crippen molar-refractivity contribution in [3.05, 3.63) is 89.5 Å². The number of methoxy groups -OCH3 is 2. The lowest BCUT2D eigenvalue weighted by atomic mass is 9.68. The molecule has 1 heterocycles. The maximum Gasteiger partial charge on any atom is 0.228 e. The van der Waals surface area contributed by atoms with Crippen LogP contribution < -0.4 is 19.5 Å². The van der Waals surface area contributed by atoms with Crippen molar-refractivity contribution in [3.63, 3.8) is 0 Å². The van der Waals surface area contributed by atoms with E-state index in [1.165, 1.54) is 11.8 Å². The first-order valence-electron chi connectivity index (χ1n) is 12.5. The molecule has 2 aliphatic rings. The molecule has 5 atom stereocenters. The summed E-state index contributed by atoms with van der Waals surface area (Å²) in [5, 5.41) is 15.4. The second-order valence-corrected chi connectivity index (χ2v) is 10.0. The summed E-state index contributed by atoms with van der Waals surface area (Å²) >= 11 is 0. The maximum absolute atomic E-state index is 13.8. The topological polar surface area (TPSA) is 97.3 Å². The Morgan fingerprint density at radius 1 is 0.947 bits per heavy atom. The van der Waals surface area contributed by atoms with Gasteiger partial charge in [-0.3, -0.25) is 9.59 Å². The van der Waals surface area contributed by atoms with Crippen LogP contribution in [0.1, 0.15) is 29.5 Å². The molecule has 0 radical (unpaired) electrons. The molecule has 38 heavy (non-hydrogen) atoms. The summed E-state index contributed by atoms with van der Waals surface area (Å²) in [4.78, 5) is 28.2. The van der Waals surface area contributed by atoms with Crippen molar-refractivity contribution in [1.29, 1.82) is 0 Å². The molecule has 1 aliphatic heterocycles. The van der Waals surface area contributed by atoms with E-state index < -0.39 is 29.1 Å². The number of rotatable bonds is 6. The summed E-state index contributed by atoms with van der Waals surface area (Å²) in [6.07, 6.45) is -1.33. The number of benzene rings is 3. The van der Waals surface area contributed by atoms with Gasteiger partial charge in [-0.15, -0.1) is 0 Å². The molecule has 1 saturated carbocycles. The number of carbonyl (C=O) groups is 2. The van der Waals surface area contributed by atoms with E-state index in [4.69, 9.17) is 14.2 Å². The number of nitrogens with zero attached hydrogens (tertiary/aromatic N) is 1. The van der Waals surface area contributed by atoms with E-state index in [1.807, 2.05) is 54.6 Å². The SMILES string of the molecule is COc1ccc([C@@]23Oc4cc(OC)ccc4[C@]2(NC(C)=O)[C@H](O)[C@H](C(=O)N(C)C)[C@@H]3c2ccccc2)cc1. The first-order chi connectivity index (χ1) is 18.2. The summed E-state index contributed by atoms with van der Waals surface area (Å²) < 4.78 is 17.8. The molecule has 3 aromatic rings. The third kappa shape index (κ3) is 3.47. The largest absolute Gasteiger partial charge is 0.497 e. The van der Waals surface area contributed by atoms with Gasteiger partial charge in [-0.25, -0.2) is 0 Å². The van der Waals surface area contributed by atoms with Gasteiger partial charge in [0.05, 0.1) is 26.2 Å². The van der Waals surface area contributed by atoms with Crippen LogP contribution in [-0.2, 0) is 20.7 Å². The zero-order valence-electron chi connectivity index (χ0n) is 22.1. The van der Waals surface area contributed by atoms with E-state index in [9.17, 15) is 14.7 Å². The predicted molar refractivity (Wildman–Crippen MR) is 141 cm³/mol. The van der Waals surface area contributed by atoms with Gasteiger partial charge in [0.2, 0.25) is 11.8 Å². The summed E-state index contributed by atoms with van der Waals surface area (Å²) in [5.74, 6) is -0.564. The van der Waals surface area contributed by atoms with Gasteiger partial charge >= 0.3 is 0 Å². The Bertz CT molecular complexity index is 1360. The van der Waals surface area contributed by atoms with Crippen LogP contribution in [-0.4, -0.2) is 56.2 Å². The highest BCUT2D eigenvalue weighted by Crippen LogP contribution is 2.68. The maximum atomic E-state index is 13.8. The van der Waals surface area contributed by atoms with Crippen LogP contribution in [0, 0.1) is 5.92 Å². The fraction of sp³-hybridized carbons (Fsp3) is 0.333. The Kier molecular flexibility index (Phi) is 6.31. The summed E-state index contributed by atoms with van der Waals surface area (Å²) in [6, 6.07) is 22.2. The van der Waals surface area contributed by atoms with Gasteiger partial charge in [0, 0.05) is 38.6 Å². The molecule has 0 unspecified atom stereocenters. The van der Waals surface area contributed by atoms with E-state index >= 15 is 0 Å². The van der Waals surface area contributed by atoms with E-state index in [2.05, 4.69) is 5.32 Å². The number of aliphatic hydroxyl groups excluding tert-OH is 1. The van der Waals surface area contributed by atoms with Crippen LogP contribution in [0.4, 0.5) is 0 Å². The molecule has 1 fully saturated rings. The molecule has 8 heteroatoms. The Morgan fingerprint density at radius 2 is 1.58 bits per heavy atom. The van der Waals surface area contributed by atoms with E-state index in [-0.39, 0.29) is 11.8 Å². The second kappa shape index (κ2) is 9.36. The van der Waals surface area contributed by atoms with Gasteiger partial charge in [0.25, 0.3) is 0 Å². The lowest BCUT2D eigenvalue weighted by Gasteiger charge is -2.44. The number of hydrogen-bond acceptors (Lipinski definition) is 6. The van der Waals surface area contributed by atoms with E-state index in [1.54, 1.807) is 46.5 Å². The van der Waals surface area contributed by atoms with Crippen LogP contribution in [0.15, 0.2) is 72.8 Å². The molecule has 0 bridgehead atoms. The summed E-state index contributed by atoms with van der Waals surface area (Å²) in [7, 11) is 6.47. The smallest absolute Gasteiger partial charge is 0.228 e. The minimum Gasteiger partial charge on any atom is -0.497 e. The van der Waals surface area contributed by atoms with Crippen LogP contribution in [0.2, 0.25) is 0 Å². The first-order valence-corrected chi connectivity index (χ1v) is 12.5. The molecule has 3 aromatic carbocycles. The van der Waals surface area contributed by atoms with Gasteiger partial charge in [-0.1, -0.05) is 42.5 Å². The Balaban J connectivity index is 1.91. The molecule has 198 valence electrons. The Hall–Kier alpha value is -4.04. The number of ether oxygens (including phenoxy) is 3. The standard InChI is InChI=1S/C30H32N2O6/c1-18(33)31-29-23-16-15-22(37-5)17-24(23)38-30(29,20-11-13-21(36-4)14-12-20)26(19-9-7-6-8-10-19)25(27(29)34)28(35)32(2)3/h6-17,25-27,34H,1-5H3,(H,31,33)/t25-,26+,27-,29+,30+/m1/s1. The molecule has 2 N–H and O–H groups in total. The molecule has 8 nitrogen and oxygen atoms in total. The number of hydrogen-bond donors (Lipinski definition) is 2. The highest BCUT2D eigenvalue weighted by molar-refractivity contribution is 5.84. The average Bonchev–Trinajstić information content (AvgIpc) is 3.32. The Labute approximate surface area is 222 Å². The van der Waals surface area contributed by atoms with E-state index in [0.717, 1.165) is 5.56 Å². The minimum atomic E-state index is -1.49. The highest BCUT2D eigenvalue weighted by atomic mass is 16.5. The molecule has 2 amide bonds. The van der Waals surface area contributed by atoms with Crippen LogP contribution in [0.3, 0.4) is 0 Å². The van der Waals surface area contributed by atoms with Gasteiger partial charge in [-0.2, -0.15) is 0 Å². The van der Waals surface area contributed by atoms with Crippen molar-refractivity contribution in [2.24, 2.45) is 5.92 Å². The zero-order valence-corrected chi connectivity index (χ0v) is 22.1. The summed E-state index contributed by atoms with van der Waals surface area (Å²) in [5.41, 5.74) is -0.826. The third-order valence-electron chi connectivity index (χ3n) is 7.83. The van der Waals surface area contributed by atoms with Crippen molar-refractivity contribution in [2.75, 3.05) is 28.3 Å². The molecular weight excluding hydrogens is 484 g/mol. The lowest BCUT2D eigenvalue weighted by Crippen LogP contribution is -2.62. The number of nitrogens with one attached hydrogen (secondary N) is 1. The zero-order chi connectivity index (χ0) is 27.2. The minimum absolute atomic E-state index is 0.267. The second-order valence-electron chi connectivity index (χ2n) is 10.0. The molecule has 0 aromatic heterocycles. The molecule has 5 rings (SSSR count). The van der Waals surface area contributed by atoms with Crippen LogP contribution >= 0.6 is 0 Å². The number of fused-ring (bicyclic) bond motifs is 3. The van der Waals surface area contributed by atoms with Crippen molar-refractivity contribution >= 4 is 11.8 Å². The van der Waals surface area contributed by atoms with Gasteiger partial charge in [0.1, 0.15) is 22.8 Å². The van der Waals surface area contributed by atoms with Gasteiger partial charge < -0.3 is 29.5 Å². The quantitative estimate of drug-likeness (QED) is 0.523. The van der Waals surface area contributed by atoms with E-state index in [0.29, 0.717) is 28.4 Å². The van der Waals surface area contributed by atoms with Crippen molar-refractivity contribution in [2.45, 2.75) is 30.1 Å². The van der Waals surface area contributed by atoms with Crippen molar-refractivity contribution in [1.82, 2.24) is 10.2 Å².